The summed E-state index contributed by atoms with van der Waals surface area (Å²) in [7, 11) is 0. The van der Waals surface area contributed by atoms with Crippen molar-refractivity contribution in [1.82, 2.24) is 10.2 Å². The number of carbonyl (C=O) groups excluding carboxylic acids is 2. The Balaban J connectivity index is 1.42. The van der Waals surface area contributed by atoms with Gasteiger partial charge in [0, 0.05) is 17.7 Å². The molecule has 2 aliphatic rings. The largest absolute Gasteiger partial charge is 0.493 e. The summed E-state index contributed by atoms with van der Waals surface area (Å²) in [6.07, 6.45) is -9.97. The smallest absolute Gasteiger partial charge is 0.430 e. The van der Waals surface area contributed by atoms with Gasteiger partial charge < -0.3 is 14.8 Å². The fourth-order valence-corrected chi connectivity index (χ4v) is 5.25. The average molecular weight is 573 g/mol. The van der Waals surface area contributed by atoms with Gasteiger partial charge in [0.2, 0.25) is 0 Å². The van der Waals surface area contributed by atoms with Crippen LogP contribution in [0.3, 0.4) is 0 Å². The lowest BCUT2D eigenvalue weighted by molar-refractivity contribution is -0.385. The van der Waals surface area contributed by atoms with Crippen LogP contribution in [0.2, 0.25) is 0 Å². The molecule has 2 aromatic carbocycles. The average Bonchev–Trinajstić information content (AvgIpc) is 3.37. The van der Waals surface area contributed by atoms with Gasteiger partial charge >= 0.3 is 18.4 Å². The number of aryl methyl sites for hydroxylation is 1. The normalized spacial score (nSPS) is 20.6. The van der Waals surface area contributed by atoms with Gasteiger partial charge in [-0.2, -0.15) is 26.3 Å². The molecule has 3 amide bonds. The zero-order valence-electron chi connectivity index (χ0n) is 22.3. The van der Waals surface area contributed by atoms with Crippen molar-refractivity contribution in [2.24, 2.45) is 0 Å². The minimum absolute atomic E-state index is 0.0823. The summed E-state index contributed by atoms with van der Waals surface area (Å²) in [5, 5.41) is 2.74. The number of imide groups is 1. The summed E-state index contributed by atoms with van der Waals surface area (Å²) in [4.78, 5) is 26.7. The number of halogens is 6. The number of hydrogen-bond donors (Lipinski definition) is 1. The highest BCUT2D eigenvalue weighted by Gasteiger charge is 2.75. The number of alkyl halides is 6. The zero-order valence-corrected chi connectivity index (χ0v) is 22.3. The molecule has 1 N–H and O–H groups in total. The molecule has 6 nitrogen and oxygen atoms in total. The highest BCUT2D eigenvalue weighted by atomic mass is 19.4. The molecule has 1 saturated heterocycles. The number of benzene rings is 2. The second-order valence-corrected chi connectivity index (χ2v) is 10.2. The summed E-state index contributed by atoms with van der Waals surface area (Å²) in [5.41, 5.74) is -4.78. The lowest BCUT2D eigenvalue weighted by atomic mass is 9.87. The van der Waals surface area contributed by atoms with Gasteiger partial charge in [0.05, 0.1) is 13.2 Å². The molecule has 2 aliphatic heterocycles. The minimum Gasteiger partial charge on any atom is -0.493 e. The number of amides is 3. The van der Waals surface area contributed by atoms with Crippen LogP contribution in [0, 0.1) is 6.92 Å². The molecule has 4 rings (SSSR count). The Morgan fingerprint density at radius 2 is 1.65 bits per heavy atom. The molecule has 12 heteroatoms. The SMILES string of the molecule is CCCc1c(OCCCCN2C(=O)NC(C)(c3ccc(C)cc3)C2=O)ccc2c1COC2(C(F)(F)F)C(F)(F)F. The van der Waals surface area contributed by atoms with Crippen molar-refractivity contribution in [2.45, 2.75) is 76.6 Å². The van der Waals surface area contributed by atoms with Gasteiger partial charge in [0.15, 0.2) is 0 Å². The van der Waals surface area contributed by atoms with Gasteiger partial charge in [-0.25, -0.2) is 4.79 Å². The van der Waals surface area contributed by atoms with Gasteiger partial charge in [-0.1, -0.05) is 49.2 Å². The lowest BCUT2D eigenvalue weighted by Gasteiger charge is -2.33. The van der Waals surface area contributed by atoms with Crippen molar-refractivity contribution < 1.29 is 45.4 Å². The Labute approximate surface area is 227 Å². The first kappa shape index (κ1) is 29.7. The van der Waals surface area contributed by atoms with E-state index >= 15 is 0 Å². The second-order valence-electron chi connectivity index (χ2n) is 10.2. The molecular formula is C28H30F6N2O4. The molecule has 1 unspecified atom stereocenters. The Kier molecular flexibility index (Phi) is 7.87. The molecule has 1 fully saturated rings. The van der Waals surface area contributed by atoms with E-state index in [9.17, 15) is 35.9 Å². The number of rotatable bonds is 9. The van der Waals surface area contributed by atoms with E-state index in [-0.39, 0.29) is 42.4 Å². The van der Waals surface area contributed by atoms with E-state index in [1.165, 1.54) is 0 Å². The Morgan fingerprint density at radius 1 is 1.00 bits per heavy atom. The van der Waals surface area contributed by atoms with E-state index in [4.69, 9.17) is 4.74 Å². The quantitative estimate of drug-likeness (QED) is 0.214. The topological polar surface area (TPSA) is 67.9 Å². The fraction of sp³-hybridized carbons (Fsp3) is 0.500. The third-order valence-corrected chi connectivity index (χ3v) is 7.44. The number of fused-ring (bicyclic) bond motifs is 1. The van der Waals surface area contributed by atoms with Gasteiger partial charge in [0.25, 0.3) is 11.5 Å². The van der Waals surface area contributed by atoms with Gasteiger partial charge in [-0.05, 0) is 50.3 Å². The van der Waals surface area contributed by atoms with Crippen molar-refractivity contribution in [1.29, 1.82) is 0 Å². The van der Waals surface area contributed by atoms with E-state index in [2.05, 4.69) is 10.1 Å². The van der Waals surface area contributed by atoms with Crippen LogP contribution in [0.25, 0.3) is 0 Å². The van der Waals surface area contributed by atoms with Crippen LogP contribution in [0.1, 0.15) is 60.9 Å². The number of carbonyl (C=O) groups is 2. The third-order valence-electron chi connectivity index (χ3n) is 7.44. The fourth-order valence-electron chi connectivity index (χ4n) is 5.25. The highest BCUT2D eigenvalue weighted by molar-refractivity contribution is 6.07. The van der Waals surface area contributed by atoms with Crippen molar-refractivity contribution in [3.05, 3.63) is 64.2 Å². The molecule has 0 radical (unpaired) electrons. The second kappa shape index (κ2) is 10.6. The van der Waals surface area contributed by atoms with E-state index < -0.39 is 41.7 Å². The highest BCUT2D eigenvalue weighted by Crippen LogP contribution is 2.58. The summed E-state index contributed by atoms with van der Waals surface area (Å²) in [6, 6.07) is 8.65. The maximum atomic E-state index is 13.7. The molecule has 0 aromatic heterocycles. The first-order valence-corrected chi connectivity index (χ1v) is 12.9. The summed E-state index contributed by atoms with van der Waals surface area (Å²) >= 11 is 0. The van der Waals surface area contributed by atoms with Crippen LogP contribution >= 0.6 is 0 Å². The molecule has 0 bridgehead atoms. The van der Waals surface area contributed by atoms with Crippen molar-refractivity contribution in [3.8, 4) is 5.75 Å². The van der Waals surface area contributed by atoms with Gasteiger partial charge in [-0.15, -0.1) is 0 Å². The predicted molar refractivity (Wildman–Crippen MR) is 133 cm³/mol. The number of hydrogen-bond acceptors (Lipinski definition) is 4. The van der Waals surface area contributed by atoms with E-state index in [1.54, 1.807) is 26.0 Å². The minimum atomic E-state index is -5.70. The van der Waals surface area contributed by atoms with Crippen LogP contribution in [0.4, 0.5) is 31.1 Å². The van der Waals surface area contributed by atoms with E-state index in [0.29, 0.717) is 24.8 Å². The lowest BCUT2D eigenvalue weighted by Crippen LogP contribution is -2.53. The zero-order chi connectivity index (χ0) is 29.5. The first-order chi connectivity index (χ1) is 18.7. The number of nitrogens with zero attached hydrogens (tertiary/aromatic N) is 1. The van der Waals surface area contributed by atoms with Crippen LogP contribution in [0.5, 0.6) is 5.75 Å². The summed E-state index contributed by atoms with van der Waals surface area (Å²) in [5.74, 6) is -0.199. The number of urea groups is 1. The standard InChI is InChI=1S/C28H30F6N2O4/c1-4-7-19-20-16-40-26(27(29,30)31,28(32,33)34)21(20)12-13-22(19)39-15-6-5-14-36-23(37)25(3,35-24(36)38)18-10-8-17(2)9-11-18/h8-13H,4-7,14-16H2,1-3H3,(H,35,38). The van der Waals surface area contributed by atoms with Gasteiger partial charge in [-0.3, -0.25) is 9.69 Å². The molecule has 218 valence electrons. The molecular weight excluding hydrogens is 542 g/mol. The maximum absolute atomic E-state index is 13.7. The Hall–Kier alpha value is -3.28. The molecule has 1 atom stereocenters. The molecule has 0 aliphatic carbocycles. The van der Waals surface area contributed by atoms with Crippen molar-refractivity contribution in [3.63, 3.8) is 0 Å². The van der Waals surface area contributed by atoms with Crippen LogP contribution in [-0.4, -0.2) is 42.3 Å². The van der Waals surface area contributed by atoms with Crippen LogP contribution in [-0.2, 0) is 33.7 Å². The van der Waals surface area contributed by atoms with Gasteiger partial charge in [0.1, 0.15) is 11.3 Å². The molecule has 0 saturated carbocycles. The molecule has 2 aromatic rings. The number of unbranched alkanes of at least 4 members (excludes halogenated alkanes) is 1. The monoisotopic (exact) mass is 572 g/mol. The summed E-state index contributed by atoms with van der Waals surface area (Å²) < 4.78 is 92.5. The van der Waals surface area contributed by atoms with E-state index in [1.807, 2.05) is 19.1 Å². The van der Waals surface area contributed by atoms with Crippen molar-refractivity contribution >= 4 is 11.9 Å². The Bertz CT molecular complexity index is 1260. The summed E-state index contributed by atoms with van der Waals surface area (Å²) in [6.45, 7) is 4.67. The Morgan fingerprint density at radius 3 is 2.25 bits per heavy atom. The molecule has 0 spiro atoms. The number of nitrogens with one attached hydrogen (secondary N) is 1. The molecule has 2 heterocycles. The van der Waals surface area contributed by atoms with Crippen molar-refractivity contribution in [2.75, 3.05) is 13.2 Å². The maximum Gasteiger partial charge on any atom is 0.430 e. The molecule has 40 heavy (non-hydrogen) atoms. The van der Waals surface area contributed by atoms with Crippen LogP contribution < -0.4 is 10.1 Å². The van der Waals surface area contributed by atoms with E-state index in [0.717, 1.165) is 22.6 Å². The van der Waals surface area contributed by atoms with Crippen LogP contribution in [0.15, 0.2) is 36.4 Å². The first-order valence-electron chi connectivity index (χ1n) is 12.9. The number of ether oxygens (including phenoxy) is 2. The third kappa shape index (κ3) is 4.90. The predicted octanol–water partition coefficient (Wildman–Crippen LogP) is 6.42.